The van der Waals surface area contributed by atoms with Crippen LogP contribution in [0.5, 0.6) is 0 Å². The number of hydrogen-bond donors (Lipinski definition) is 0. The third kappa shape index (κ3) is 1.96. The Morgan fingerprint density at radius 1 is 0.636 bits per heavy atom. The highest BCUT2D eigenvalue weighted by atomic mass is 16.3. The lowest BCUT2D eigenvalue weighted by atomic mass is 10.1. The van der Waals surface area contributed by atoms with E-state index in [4.69, 9.17) is 8.83 Å². The van der Waals surface area contributed by atoms with Gasteiger partial charge in [0, 0.05) is 21.9 Å². The van der Waals surface area contributed by atoms with Crippen molar-refractivity contribution >= 4 is 34.1 Å². The van der Waals surface area contributed by atoms with Gasteiger partial charge in [-0.2, -0.15) is 0 Å². The molecule has 0 bridgehead atoms. The number of fused-ring (bicyclic) bond motifs is 2. The molecule has 0 saturated heterocycles. The van der Waals surface area contributed by atoms with Crippen molar-refractivity contribution in [3.63, 3.8) is 0 Å². The van der Waals surface area contributed by atoms with Crippen molar-refractivity contribution in [3.05, 3.63) is 71.2 Å². The first-order valence-electron chi connectivity index (χ1n) is 7.38. The molecular formula is C20H16O2. The summed E-state index contributed by atoms with van der Waals surface area (Å²) >= 11 is 0. The summed E-state index contributed by atoms with van der Waals surface area (Å²) in [5.74, 6) is 1.75. The van der Waals surface area contributed by atoms with E-state index in [1.54, 1.807) is 0 Å². The molecule has 0 aliphatic rings. The van der Waals surface area contributed by atoms with Crippen molar-refractivity contribution in [2.24, 2.45) is 0 Å². The van der Waals surface area contributed by atoms with Crippen LogP contribution >= 0.6 is 0 Å². The minimum atomic E-state index is 0.876. The van der Waals surface area contributed by atoms with Crippen LogP contribution in [0.3, 0.4) is 0 Å². The Labute approximate surface area is 128 Å². The fourth-order valence-corrected chi connectivity index (χ4v) is 2.86. The van der Waals surface area contributed by atoms with Gasteiger partial charge in [-0.15, -0.1) is 0 Å². The molecule has 4 rings (SSSR count). The third-order valence-corrected chi connectivity index (χ3v) is 4.15. The van der Waals surface area contributed by atoms with Gasteiger partial charge in [0.25, 0.3) is 0 Å². The molecule has 0 unspecified atom stereocenters. The summed E-state index contributed by atoms with van der Waals surface area (Å²) in [6, 6.07) is 16.2. The molecule has 0 aliphatic carbocycles. The number of hydrogen-bond acceptors (Lipinski definition) is 2. The van der Waals surface area contributed by atoms with E-state index in [0.717, 1.165) is 44.6 Å². The normalized spacial score (nSPS) is 11.9. The van der Waals surface area contributed by atoms with Crippen LogP contribution in [0.4, 0.5) is 0 Å². The average molecular weight is 288 g/mol. The quantitative estimate of drug-likeness (QED) is 0.454. The molecule has 0 radical (unpaired) electrons. The smallest absolute Gasteiger partial charge is 0.135 e. The summed E-state index contributed by atoms with van der Waals surface area (Å²) in [5.41, 5.74) is 4.14. The highest BCUT2D eigenvalue weighted by molar-refractivity contribution is 5.88. The van der Waals surface area contributed by atoms with Crippen molar-refractivity contribution in [2.75, 3.05) is 0 Å². The van der Waals surface area contributed by atoms with Gasteiger partial charge < -0.3 is 8.83 Å². The molecule has 0 aliphatic heterocycles. The lowest BCUT2D eigenvalue weighted by molar-refractivity contribution is 0.596. The second kappa shape index (κ2) is 4.92. The van der Waals surface area contributed by atoms with E-state index < -0.39 is 0 Å². The topological polar surface area (TPSA) is 26.3 Å². The zero-order chi connectivity index (χ0) is 15.1. The Morgan fingerprint density at radius 3 is 1.45 bits per heavy atom. The van der Waals surface area contributed by atoms with Gasteiger partial charge in [0.2, 0.25) is 0 Å². The SMILES string of the molecule is Cc1c(C=Cc2oc3ccccc3c2C)oc2ccccc12. The Kier molecular flexibility index (Phi) is 2.90. The largest absolute Gasteiger partial charge is 0.456 e. The zero-order valence-electron chi connectivity index (χ0n) is 12.6. The highest BCUT2D eigenvalue weighted by Gasteiger charge is 2.09. The van der Waals surface area contributed by atoms with Gasteiger partial charge in [0.1, 0.15) is 22.7 Å². The molecule has 108 valence electrons. The molecule has 2 heteroatoms. The van der Waals surface area contributed by atoms with E-state index in [-0.39, 0.29) is 0 Å². The molecule has 0 amide bonds. The maximum Gasteiger partial charge on any atom is 0.135 e. The number of benzene rings is 2. The van der Waals surface area contributed by atoms with E-state index in [1.807, 2.05) is 48.6 Å². The summed E-state index contributed by atoms with van der Waals surface area (Å²) in [7, 11) is 0. The molecule has 0 spiro atoms. The number of rotatable bonds is 2. The van der Waals surface area contributed by atoms with Crippen LogP contribution in [-0.2, 0) is 0 Å². The maximum absolute atomic E-state index is 5.91. The summed E-state index contributed by atoms with van der Waals surface area (Å²) in [4.78, 5) is 0. The maximum atomic E-state index is 5.91. The first-order valence-corrected chi connectivity index (χ1v) is 7.38. The second-order valence-corrected chi connectivity index (χ2v) is 5.51. The number of furan rings is 2. The Bertz CT molecular complexity index is 917. The Hall–Kier alpha value is -2.74. The average Bonchev–Trinajstić information content (AvgIpc) is 3.04. The monoisotopic (exact) mass is 288 g/mol. The van der Waals surface area contributed by atoms with Crippen LogP contribution < -0.4 is 0 Å². The standard InChI is InChI=1S/C20H16O2/c1-13-15-7-3-5-9-19(15)21-17(13)11-12-18-14(2)16-8-4-6-10-20(16)22-18/h3-12H,1-2H3. The van der Waals surface area contributed by atoms with Crippen LogP contribution in [0.25, 0.3) is 34.1 Å². The summed E-state index contributed by atoms with van der Waals surface area (Å²) < 4.78 is 11.8. The van der Waals surface area contributed by atoms with E-state index in [9.17, 15) is 0 Å². The van der Waals surface area contributed by atoms with Crippen molar-refractivity contribution in [1.82, 2.24) is 0 Å². The van der Waals surface area contributed by atoms with Crippen LogP contribution in [-0.4, -0.2) is 0 Å². The minimum Gasteiger partial charge on any atom is -0.456 e. The third-order valence-electron chi connectivity index (χ3n) is 4.15. The van der Waals surface area contributed by atoms with E-state index in [0.29, 0.717) is 0 Å². The van der Waals surface area contributed by atoms with Crippen LogP contribution in [0.15, 0.2) is 57.4 Å². The molecular weight excluding hydrogens is 272 g/mol. The van der Waals surface area contributed by atoms with Gasteiger partial charge in [0.05, 0.1) is 0 Å². The zero-order valence-corrected chi connectivity index (χ0v) is 12.6. The molecule has 2 aromatic carbocycles. The van der Waals surface area contributed by atoms with E-state index >= 15 is 0 Å². The molecule has 0 fully saturated rings. The number of aryl methyl sites for hydroxylation is 2. The molecule has 22 heavy (non-hydrogen) atoms. The van der Waals surface area contributed by atoms with Gasteiger partial charge in [-0.1, -0.05) is 36.4 Å². The lowest BCUT2D eigenvalue weighted by Gasteiger charge is -1.90. The molecule has 2 nitrogen and oxygen atoms in total. The second-order valence-electron chi connectivity index (χ2n) is 5.51. The van der Waals surface area contributed by atoms with Crippen molar-refractivity contribution in [3.8, 4) is 0 Å². The Balaban J connectivity index is 1.79. The summed E-state index contributed by atoms with van der Waals surface area (Å²) in [6.45, 7) is 4.16. The highest BCUT2D eigenvalue weighted by Crippen LogP contribution is 2.29. The molecule has 4 aromatic rings. The van der Waals surface area contributed by atoms with Crippen molar-refractivity contribution in [1.29, 1.82) is 0 Å². The van der Waals surface area contributed by atoms with E-state index in [1.165, 1.54) is 0 Å². The van der Waals surface area contributed by atoms with Gasteiger partial charge in [-0.3, -0.25) is 0 Å². The molecule has 0 N–H and O–H groups in total. The van der Waals surface area contributed by atoms with Crippen LogP contribution in [0.2, 0.25) is 0 Å². The first-order chi connectivity index (χ1) is 10.7. The lowest BCUT2D eigenvalue weighted by Crippen LogP contribution is -1.74. The molecule has 0 atom stereocenters. The summed E-state index contributed by atoms with van der Waals surface area (Å²) in [5, 5.41) is 2.31. The Morgan fingerprint density at radius 2 is 1.05 bits per heavy atom. The minimum absolute atomic E-state index is 0.876. The van der Waals surface area contributed by atoms with Crippen molar-refractivity contribution in [2.45, 2.75) is 13.8 Å². The van der Waals surface area contributed by atoms with Gasteiger partial charge in [-0.05, 0) is 38.1 Å². The molecule has 2 aromatic heterocycles. The fourth-order valence-electron chi connectivity index (χ4n) is 2.86. The first kappa shape index (κ1) is 13.0. The van der Waals surface area contributed by atoms with Gasteiger partial charge in [-0.25, -0.2) is 0 Å². The molecule has 2 heterocycles. The van der Waals surface area contributed by atoms with Crippen molar-refractivity contribution < 1.29 is 8.83 Å². The van der Waals surface area contributed by atoms with Crippen LogP contribution in [0.1, 0.15) is 22.6 Å². The van der Waals surface area contributed by atoms with E-state index in [2.05, 4.69) is 26.0 Å². The van der Waals surface area contributed by atoms with Gasteiger partial charge in [0.15, 0.2) is 0 Å². The van der Waals surface area contributed by atoms with Gasteiger partial charge >= 0.3 is 0 Å². The molecule has 0 saturated carbocycles. The van der Waals surface area contributed by atoms with Crippen LogP contribution in [0, 0.1) is 13.8 Å². The summed E-state index contributed by atoms with van der Waals surface area (Å²) in [6.07, 6.45) is 3.97. The predicted molar refractivity (Wildman–Crippen MR) is 90.8 cm³/mol. The predicted octanol–water partition coefficient (Wildman–Crippen LogP) is 5.97. The number of para-hydroxylation sites is 2. The fraction of sp³-hybridized carbons (Fsp3) is 0.100.